The van der Waals surface area contributed by atoms with Crippen molar-refractivity contribution in [1.29, 1.82) is 5.41 Å². The number of carbonyl (C=O) groups excluding carboxylic acids is 1. The Balaban J connectivity index is 2.44. The molecular formula is C10H6Cl2N2OS. The number of benzene rings is 1. The molecule has 1 saturated heterocycles. The van der Waals surface area contributed by atoms with E-state index in [0.717, 1.165) is 11.8 Å². The Kier molecular flexibility index (Phi) is 3.23. The SMILES string of the molecule is N=C1NC(=O)C(=Cc2c(Cl)cccc2Cl)S1. The van der Waals surface area contributed by atoms with Crippen LogP contribution in [0.2, 0.25) is 10.0 Å². The third-order valence-electron chi connectivity index (χ3n) is 1.94. The topological polar surface area (TPSA) is 53.0 Å². The number of halogens is 2. The van der Waals surface area contributed by atoms with Gasteiger partial charge >= 0.3 is 0 Å². The van der Waals surface area contributed by atoms with E-state index in [1.807, 2.05) is 0 Å². The largest absolute Gasteiger partial charge is 0.301 e. The average Bonchev–Trinajstić information content (AvgIpc) is 2.51. The van der Waals surface area contributed by atoms with Gasteiger partial charge in [0.25, 0.3) is 5.91 Å². The number of amides is 1. The third-order valence-corrected chi connectivity index (χ3v) is 3.43. The number of hydrogen-bond donors (Lipinski definition) is 2. The highest BCUT2D eigenvalue weighted by atomic mass is 35.5. The van der Waals surface area contributed by atoms with Crippen molar-refractivity contribution in [3.05, 3.63) is 38.7 Å². The van der Waals surface area contributed by atoms with Gasteiger partial charge in [0, 0.05) is 15.6 Å². The number of nitrogens with one attached hydrogen (secondary N) is 2. The molecule has 1 aliphatic rings. The highest BCUT2D eigenvalue weighted by molar-refractivity contribution is 8.18. The Morgan fingerprint density at radius 2 is 1.94 bits per heavy atom. The summed E-state index contributed by atoms with van der Waals surface area (Å²) < 4.78 is 0. The smallest absolute Gasteiger partial charge is 0.264 e. The first-order chi connectivity index (χ1) is 7.58. The van der Waals surface area contributed by atoms with Crippen LogP contribution >= 0.6 is 35.0 Å². The summed E-state index contributed by atoms with van der Waals surface area (Å²) in [6, 6.07) is 5.13. The normalized spacial score (nSPS) is 18.0. The van der Waals surface area contributed by atoms with Crippen molar-refractivity contribution in [1.82, 2.24) is 5.32 Å². The highest BCUT2D eigenvalue weighted by Gasteiger charge is 2.22. The molecular weight excluding hydrogens is 267 g/mol. The van der Waals surface area contributed by atoms with Crippen molar-refractivity contribution in [3.63, 3.8) is 0 Å². The van der Waals surface area contributed by atoms with Crippen molar-refractivity contribution in [2.45, 2.75) is 0 Å². The average molecular weight is 273 g/mol. The quantitative estimate of drug-likeness (QED) is 0.772. The van der Waals surface area contributed by atoms with Crippen LogP contribution in [0.1, 0.15) is 5.56 Å². The van der Waals surface area contributed by atoms with Crippen LogP contribution in [0.15, 0.2) is 23.1 Å². The van der Waals surface area contributed by atoms with E-state index >= 15 is 0 Å². The van der Waals surface area contributed by atoms with Crippen LogP contribution < -0.4 is 5.32 Å². The second-order valence-corrected chi connectivity index (χ2v) is 4.90. The molecule has 16 heavy (non-hydrogen) atoms. The third kappa shape index (κ3) is 2.24. The number of thioether (sulfide) groups is 1. The Labute approximate surface area is 106 Å². The second-order valence-electron chi connectivity index (χ2n) is 3.03. The summed E-state index contributed by atoms with van der Waals surface area (Å²) in [6.45, 7) is 0. The lowest BCUT2D eigenvalue weighted by molar-refractivity contribution is -0.115. The summed E-state index contributed by atoms with van der Waals surface area (Å²) in [6.07, 6.45) is 1.59. The van der Waals surface area contributed by atoms with Crippen molar-refractivity contribution in [2.24, 2.45) is 0 Å². The molecule has 0 atom stereocenters. The van der Waals surface area contributed by atoms with Crippen LogP contribution in [0.4, 0.5) is 0 Å². The Hall–Kier alpha value is -0.970. The van der Waals surface area contributed by atoms with E-state index in [2.05, 4.69) is 5.32 Å². The van der Waals surface area contributed by atoms with E-state index in [0.29, 0.717) is 20.5 Å². The molecule has 6 heteroatoms. The molecule has 0 radical (unpaired) electrons. The minimum absolute atomic E-state index is 0.111. The lowest BCUT2D eigenvalue weighted by Gasteiger charge is -2.01. The number of hydrogen-bond acceptors (Lipinski definition) is 3. The molecule has 1 aromatic rings. The Morgan fingerprint density at radius 1 is 1.31 bits per heavy atom. The molecule has 1 aliphatic heterocycles. The second kappa shape index (κ2) is 4.49. The molecule has 2 N–H and O–H groups in total. The van der Waals surface area contributed by atoms with Gasteiger partial charge in [-0.05, 0) is 30.0 Å². The van der Waals surface area contributed by atoms with E-state index in [9.17, 15) is 4.79 Å². The number of rotatable bonds is 1. The maximum Gasteiger partial charge on any atom is 0.264 e. The maximum atomic E-state index is 11.4. The monoisotopic (exact) mass is 272 g/mol. The van der Waals surface area contributed by atoms with Gasteiger partial charge < -0.3 is 5.32 Å². The maximum absolute atomic E-state index is 11.4. The molecule has 1 aromatic carbocycles. The van der Waals surface area contributed by atoms with Crippen molar-refractivity contribution in [2.75, 3.05) is 0 Å². The first-order valence-corrected chi connectivity index (χ1v) is 5.88. The molecule has 0 aromatic heterocycles. The van der Waals surface area contributed by atoms with Crippen LogP contribution in [0.5, 0.6) is 0 Å². The minimum atomic E-state index is -0.300. The molecule has 3 nitrogen and oxygen atoms in total. The molecule has 2 rings (SSSR count). The van der Waals surface area contributed by atoms with Crippen LogP contribution in [0.25, 0.3) is 6.08 Å². The van der Waals surface area contributed by atoms with Gasteiger partial charge in [-0.2, -0.15) is 0 Å². The molecule has 82 valence electrons. The van der Waals surface area contributed by atoms with Gasteiger partial charge in [-0.25, -0.2) is 0 Å². The molecule has 0 spiro atoms. The van der Waals surface area contributed by atoms with Crippen molar-refractivity contribution in [3.8, 4) is 0 Å². The van der Waals surface area contributed by atoms with Crippen LogP contribution in [-0.4, -0.2) is 11.1 Å². The lowest BCUT2D eigenvalue weighted by atomic mass is 10.2. The van der Waals surface area contributed by atoms with Crippen molar-refractivity contribution < 1.29 is 4.79 Å². The summed E-state index contributed by atoms with van der Waals surface area (Å²) >= 11 is 13.0. The van der Waals surface area contributed by atoms with E-state index in [-0.39, 0.29) is 11.1 Å². The molecule has 1 heterocycles. The fourth-order valence-electron chi connectivity index (χ4n) is 1.22. The lowest BCUT2D eigenvalue weighted by Crippen LogP contribution is -2.18. The highest BCUT2D eigenvalue weighted by Crippen LogP contribution is 2.31. The minimum Gasteiger partial charge on any atom is -0.301 e. The van der Waals surface area contributed by atoms with Gasteiger partial charge in [0.2, 0.25) is 0 Å². The van der Waals surface area contributed by atoms with E-state index in [1.54, 1.807) is 24.3 Å². The number of amidine groups is 1. The van der Waals surface area contributed by atoms with Gasteiger partial charge in [-0.15, -0.1) is 0 Å². The molecule has 0 bridgehead atoms. The van der Waals surface area contributed by atoms with E-state index in [4.69, 9.17) is 28.6 Å². The number of carbonyl (C=O) groups is 1. The Morgan fingerprint density at radius 3 is 2.44 bits per heavy atom. The van der Waals surface area contributed by atoms with Crippen LogP contribution in [0.3, 0.4) is 0 Å². The van der Waals surface area contributed by atoms with Crippen molar-refractivity contribution >= 4 is 52.1 Å². The van der Waals surface area contributed by atoms with E-state index in [1.165, 1.54) is 0 Å². The fourth-order valence-corrected chi connectivity index (χ4v) is 2.41. The zero-order chi connectivity index (χ0) is 11.7. The zero-order valence-electron chi connectivity index (χ0n) is 7.88. The first kappa shape index (κ1) is 11.5. The standard InChI is InChI=1S/C10H6Cl2N2OS/c11-6-2-1-3-7(12)5(6)4-8-9(15)14-10(13)16-8/h1-4H,(H2,13,14,15). The van der Waals surface area contributed by atoms with Gasteiger partial charge in [-0.1, -0.05) is 29.3 Å². The van der Waals surface area contributed by atoms with Crippen LogP contribution in [0, 0.1) is 5.41 Å². The summed E-state index contributed by atoms with van der Waals surface area (Å²) in [5.41, 5.74) is 0.596. The van der Waals surface area contributed by atoms with Crippen LogP contribution in [-0.2, 0) is 4.79 Å². The van der Waals surface area contributed by atoms with Gasteiger partial charge in [0.15, 0.2) is 5.17 Å². The first-order valence-electron chi connectivity index (χ1n) is 4.31. The molecule has 0 unspecified atom stereocenters. The molecule has 0 saturated carbocycles. The van der Waals surface area contributed by atoms with E-state index < -0.39 is 0 Å². The molecule has 1 fully saturated rings. The Bertz CT molecular complexity index is 493. The molecule has 1 amide bonds. The van der Waals surface area contributed by atoms with Gasteiger partial charge in [-0.3, -0.25) is 10.2 Å². The zero-order valence-corrected chi connectivity index (χ0v) is 10.2. The predicted octanol–water partition coefficient (Wildman–Crippen LogP) is 3.13. The summed E-state index contributed by atoms with van der Waals surface area (Å²) in [4.78, 5) is 11.8. The van der Waals surface area contributed by atoms with Gasteiger partial charge in [0.1, 0.15) is 0 Å². The summed E-state index contributed by atoms with van der Waals surface area (Å²) in [7, 11) is 0. The van der Waals surface area contributed by atoms with Gasteiger partial charge in [0.05, 0.1) is 4.91 Å². The molecule has 0 aliphatic carbocycles. The fraction of sp³-hybridized carbons (Fsp3) is 0. The summed E-state index contributed by atoms with van der Waals surface area (Å²) in [5.74, 6) is -0.300. The summed E-state index contributed by atoms with van der Waals surface area (Å²) in [5, 5.41) is 10.8. The predicted molar refractivity (Wildman–Crippen MR) is 67.9 cm³/mol.